The molecule has 1 aliphatic heterocycles. The summed E-state index contributed by atoms with van der Waals surface area (Å²) in [6.45, 7) is 3.13. The lowest BCUT2D eigenvalue weighted by atomic mass is 9.90. The molecule has 0 radical (unpaired) electrons. The summed E-state index contributed by atoms with van der Waals surface area (Å²) in [5.74, 6) is -0.828. The number of thioether (sulfide) groups is 1. The molecule has 2 fully saturated rings. The van der Waals surface area contributed by atoms with Crippen molar-refractivity contribution in [3.63, 3.8) is 0 Å². The van der Waals surface area contributed by atoms with Crippen molar-refractivity contribution in [2.45, 2.75) is 35.8 Å². The number of rotatable bonds is 5. The standard InChI is InChI=1S/C17H22N2O3S/c1-16(14(20)21)9-10-19(12-16)15(22)18-11-17(7-8-17)23-13-5-3-2-4-6-13/h2-6H,7-12H2,1H3,(H,18,22)(H,20,21). The van der Waals surface area contributed by atoms with Gasteiger partial charge in [-0.3, -0.25) is 4.79 Å². The molecule has 2 aliphatic rings. The van der Waals surface area contributed by atoms with Crippen LogP contribution in [0.3, 0.4) is 0 Å². The Hall–Kier alpha value is -1.69. The number of carboxylic acid groups (broad SMARTS) is 1. The van der Waals surface area contributed by atoms with Gasteiger partial charge in [-0.1, -0.05) is 18.2 Å². The van der Waals surface area contributed by atoms with Crippen LogP contribution in [0.5, 0.6) is 0 Å². The lowest BCUT2D eigenvalue weighted by Crippen LogP contribution is -2.43. The number of urea groups is 1. The molecule has 5 nitrogen and oxygen atoms in total. The van der Waals surface area contributed by atoms with E-state index in [2.05, 4.69) is 17.4 Å². The number of hydrogen-bond donors (Lipinski definition) is 2. The van der Waals surface area contributed by atoms with Crippen molar-refractivity contribution in [2.24, 2.45) is 5.41 Å². The summed E-state index contributed by atoms with van der Waals surface area (Å²) in [4.78, 5) is 26.4. The van der Waals surface area contributed by atoms with Crippen molar-refractivity contribution < 1.29 is 14.7 Å². The number of amides is 2. The van der Waals surface area contributed by atoms with Crippen LogP contribution in [0.1, 0.15) is 26.2 Å². The number of benzene rings is 1. The van der Waals surface area contributed by atoms with E-state index >= 15 is 0 Å². The van der Waals surface area contributed by atoms with Gasteiger partial charge in [-0.15, -0.1) is 11.8 Å². The minimum Gasteiger partial charge on any atom is -0.481 e. The molecule has 6 heteroatoms. The fourth-order valence-corrected chi connectivity index (χ4v) is 4.09. The maximum absolute atomic E-state index is 12.3. The molecule has 1 atom stereocenters. The van der Waals surface area contributed by atoms with Gasteiger partial charge in [0.1, 0.15) is 0 Å². The number of carboxylic acids is 1. The Morgan fingerprint density at radius 3 is 2.52 bits per heavy atom. The second kappa shape index (κ2) is 6.07. The summed E-state index contributed by atoms with van der Waals surface area (Å²) in [5, 5.41) is 12.2. The highest BCUT2D eigenvalue weighted by molar-refractivity contribution is 8.01. The highest BCUT2D eigenvalue weighted by Gasteiger charge is 2.45. The monoisotopic (exact) mass is 334 g/mol. The van der Waals surface area contributed by atoms with Gasteiger partial charge in [0.15, 0.2) is 0 Å². The van der Waals surface area contributed by atoms with Crippen LogP contribution in [0.25, 0.3) is 0 Å². The SMILES string of the molecule is CC1(C(=O)O)CCN(C(=O)NCC2(Sc3ccccc3)CC2)C1. The van der Waals surface area contributed by atoms with E-state index < -0.39 is 11.4 Å². The van der Waals surface area contributed by atoms with Crippen molar-refractivity contribution in [1.82, 2.24) is 10.2 Å². The zero-order valence-electron chi connectivity index (χ0n) is 13.2. The number of nitrogens with one attached hydrogen (secondary N) is 1. The van der Waals surface area contributed by atoms with Crippen LogP contribution in [0.4, 0.5) is 4.79 Å². The van der Waals surface area contributed by atoms with Crippen molar-refractivity contribution in [1.29, 1.82) is 0 Å². The molecule has 1 saturated heterocycles. The van der Waals surface area contributed by atoms with E-state index in [0.29, 0.717) is 19.5 Å². The summed E-state index contributed by atoms with van der Waals surface area (Å²) in [7, 11) is 0. The number of nitrogens with zero attached hydrogens (tertiary/aromatic N) is 1. The minimum atomic E-state index is -0.828. The molecule has 0 spiro atoms. The molecular formula is C17H22N2O3S. The molecule has 124 valence electrons. The minimum absolute atomic E-state index is 0.104. The third-order valence-electron chi connectivity index (χ3n) is 4.72. The maximum Gasteiger partial charge on any atom is 0.317 e. The van der Waals surface area contributed by atoms with Gasteiger partial charge in [-0.2, -0.15) is 0 Å². The fraction of sp³-hybridized carbons (Fsp3) is 0.529. The number of aliphatic carboxylic acids is 1. The zero-order chi connectivity index (χ0) is 16.5. The van der Waals surface area contributed by atoms with Crippen molar-refractivity contribution >= 4 is 23.8 Å². The molecule has 1 aromatic rings. The first kappa shape index (κ1) is 16.2. The lowest BCUT2D eigenvalue weighted by Gasteiger charge is -2.22. The van der Waals surface area contributed by atoms with Gasteiger partial charge in [0.25, 0.3) is 0 Å². The lowest BCUT2D eigenvalue weighted by molar-refractivity contribution is -0.146. The average Bonchev–Trinajstić information content (AvgIpc) is 3.17. The molecule has 1 aliphatic carbocycles. The van der Waals surface area contributed by atoms with Gasteiger partial charge in [0, 0.05) is 29.3 Å². The molecule has 23 heavy (non-hydrogen) atoms. The first-order valence-electron chi connectivity index (χ1n) is 7.93. The first-order chi connectivity index (χ1) is 10.9. The topological polar surface area (TPSA) is 69.6 Å². The summed E-state index contributed by atoms with van der Waals surface area (Å²) in [6.07, 6.45) is 2.71. The highest BCUT2D eigenvalue weighted by Crippen LogP contribution is 2.51. The zero-order valence-corrected chi connectivity index (χ0v) is 14.1. The van der Waals surface area contributed by atoms with Crippen LogP contribution in [0.15, 0.2) is 35.2 Å². The molecule has 1 unspecified atom stereocenters. The van der Waals surface area contributed by atoms with Gasteiger partial charge in [-0.05, 0) is 38.3 Å². The Morgan fingerprint density at radius 2 is 1.96 bits per heavy atom. The quantitative estimate of drug-likeness (QED) is 0.869. The predicted octanol–water partition coefficient (Wildman–Crippen LogP) is 2.82. The number of carbonyl (C=O) groups excluding carboxylic acids is 1. The second-order valence-corrected chi connectivity index (χ2v) is 8.34. The smallest absolute Gasteiger partial charge is 0.317 e. The third-order valence-corrected chi connectivity index (χ3v) is 6.22. The maximum atomic E-state index is 12.3. The largest absolute Gasteiger partial charge is 0.481 e. The van der Waals surface area contributed by atoms with Gasteiger partial charge in [-0.25, -0.2) is 4.79 Å². The molecule has 0 aromatic heterocycles. The Morgan fingerprint density at radius 1 is 1.26 bits per heavy atom. The molecule has 0 bridgehead atoms. The molecule has 1 aromatic carbocycles. The molecular weight excluding hydrogens is 312 g/mol. The molecule has 2 amide bonds. The third kappa shape index (κ3) is 3.63. The molecule has 1 saturated carbocycles. The van der Waals surface area contributed by atoms with E-state index in [1.807, 2.05) is 30.0 Å². The van der Waals surface area contributed by atoms with Crippen LogP contribution < -0.4 is 5.32 Å². The van der Waals surface area contributed by atoms with E-state index in [1.54, 1.807) is 11.8 Å². The van der Waals surface area contributed by atoms with Gasteiger partial charge in [0.05, 0.1) is 5.41 Å². The van der Waals surface area contributed by atoms with Gasteiger partial charge < -0.3 is 15.3 Å². The Kier molecular flexibility index (Phi) is 4.27. The van der Waals surface area contributed by atoms with Crippen LogP contribution in [0.2, 0.25) is 0 Å². The van der Waals surface area contributed by atoms with Crippen molar-refractivity contribution in [2.75, 3.05) is 19.6 Å². The highest BCUT2D eigenvalue weighted by atomic mass is 32.2. The predicted molar refractivity (Wildman–Crippen MR) is 89.6 cm³/mol. The normalized spacial score (nSPS) is 25.2. The van der Waals surface area contributed by atoms with E-state index in [0.717, 1.165) is 12.8 Å². The van der Waals surface area contributed by atoms with Crippen LogP contribution >= 0.6 is 11.8 Å². The average molecular weight is 334 g/mol. The second-order valence-electron chi connectivity index (χ2n) is 6.79. The Labute approximate surface area is 140 Å². The van der Waals surface area contributed by atoms with E-state index in [-0.39, 0.29) is 17.3 Å². The van der Waals surface area contributed by atoms with Crippen molar-refractivity contribution in [3.8, 4) is 0 Å². The van der Waals surface area contributed by atoms with E-state index in [9.17, 15) is 14.7 Å². The fourth-order valence-electron chi connectivity index (χ4n) is 2.85. The summed E-state index contributed by atoms with van der Waals surface area (Å²) in [6, 6.07) is 10.1. The van der Waals surface area contributed by atoms with Gasteiger partial charge in [0.2, 0.25) is 0 Å². The van der Waals surface area contributed by atoms with Gasteiger partial charge >= 0.3 is 12.0 Å². The molecule has 2 N–H and O–H groups in total. The first-order valence-corrected chi connectivity index (χ1v) is 8.74. The van der Waals surface area contributed by atoms with Crippen LogP contribution in [0, 0.1) is 5.41 Å². The number of likely N-dealkylation sites (tertiary alicyclic amines) is 1. The molecule has 3 rings (SSSR count). The molecule has 1 heterocycles. The van der Waals surface area contributed by atoms with Crippen LogP contribution in [-0.2, 0) is 4.79 Å². The van der Waals surface area contributed by atoms with Crippen molar-refractivity contribution in [3.05, 3.63) is 30.3 Å². The summed E-state index contributed by atoms with van der Waals surface area (Å²) < 4.78 is 0.104. The Balaban J connectivity index is 1.51. The number of carbonyl (C=O) groups is 2. The van der Waals surface area contributed by atoms with E-state index in [4.69, 9.17) is 0 Å². The summed E-state index contributed by atoms with van der Waals surface area (Å²) in [5.41, 5.74) is -0.812. The van der Waals surface area contributed by atoms with E-state index in [1.165, 1.54) is 4.90 Å². The Bertz CT molecular complexity index is 603. The summed E-state index contributed by atoms with van der Waals surface area (Å²) >= 11 is 1.82. The van der Waals surface area contributed by atoms with Crippen LogP contribution in [-0.4, -0.2) is 46.4 Å². The number of hydrogen-bond acceptors (Lipinski definition) is 3.